The molecule has 0 aromatic heterocycles. The molecule has 0 unspecified atom stereocenters. The van der Waals surface area contributed by atoms with Gasteiger partial charge in [0.15, 0.2) is 0 Å². The van der Waals surface area contributed by atoms with Crippen LogP contribution in [0.1, 0.15) is 44.5 Å². The number of amides is 1. The summed E-state index contributed by atoms with van der Waals surface area (Å²) in [5.41, 5.74) is 0.397. The molecule has 1 N–H and O–H groups in total. The lowest BCUT2D eigenvalue weighted by Gasteiger charge is -2.32. The molecule has 1 aromatic rings. The van der Waals surface area contributed by atoms with Gasteiger partial charge in [0.1, 0.15) is 0 Å². The lowest BCUT2D eigenvalue weighted by molar-refractivity contribution is 0.00578. The zero-order valence-corrected chi connectivity index (χ0v) is 16.3. The van der Waals surface area contributed by atoms with Gasteiger partial charge in [0, 0.05) is 35.7 Å². The largest absolute Gasteiger partial charge is 0.496 e. The van der Waals surface area contributed by atoms with E-state index in [4.69, 9.17) is 20.9 Å². The van der Waals surface area contributed by atoms with E-state index in [9.17, 15) is 4.79 Å². The Balaban J connectivity index is 1.85. The van der Waals surface area contributed by atoms with E-state index in [2.05, 4.69) is 5.32 Å². The summed E-state index contributed by atoms with van der Waals surface area (Å²) >= 11 is 6.38. The third-order valence-electron chi connectivity index (χ3n) is 5.65. The summed E-state index contributed by atoms with van der Waals surface area (Å²) < 4.78 is 12.2. The van der Waals surface area contributed by atoms with Crippen LogP contribution in [0.3, 0.4) is 0 Å². The summed E-state index contributed by atoms with van der Waals surface area (Å²) in [7, 11) is 1.27. The predicted octanol–water partition coefficient (Wildman–Crippen LogP) is 2.07. The molecule has 0 bridgehead atoms. The lowest BCUT2D eigenvalue weighted by atomic mass is 9.78. The molecule has 5 nitrogen and oxygen atoms in total. The molecule has 0 aliphatic carbocycles. The van der Waals surface area contributed by atoms with Crippen molar-refractivity contribution in [3.63, 3.8) is 0 Å². The molecule has 0 spiro atoms. The van der Waals surface area contributed by atoms with Crippen molar-refractivity contribution >= 4 is 30.1 Å². The van der Waals surface area contributed by atoms with Gasteiger partial charge in [-0.3, -0.25) is 4.79 Å². The first-order valence-corrected chi connectivity index (χ1v) is 9.13. The molecule has 2 aliphatic rings. The molecule has 136 valence electrons. The Labute approximate surface area is 155 Å². The number of rotatable bonds is 3. The number of hydrogen-bond donors (Lipinski definition) is 1. The Morgan fingerprint density at radius 2 is 1.92 bits per heavy atom. The number of nitrogens with zero attached hydrogens (tertiary/aromatic N) is 1. The quantitative estimate of drug-likeness (QED) is 0.834. The van der Waals surface area contributed by atoms with Crippen LogP contribution in [0.5, 0.6) is 0 Å². The van der Waals surface area contributed by atoms with E-state index in [0.717, 1.165) is 19.5 Å². The fourth-order valence-electron chi connectivity index (χ4n) is 3.17. The van der Waals surface area contributed by atoms with Crippen molar-refractivity contribution in [2.75, 3.05) is 20.1 Å². The van der Waals surface area contributed by atoms with Crippen molar-refractivity contribution in [2.24, 2.45) is 0 Å². The van der Waals surface area contributed by atoms with Gasteiger partial charge in [-0.1, -0.05) is 11.6 Å². The summed E-state index contributed by atoms with van der Waals surface area (Å²) in [5.74, 6) is -0.0110. The van der Waals surface area contributed by atoms with Gasteiger partial charge < -0.3 is 19.5 Å². The number of benzene rings is 1. The molecule has 2 fully saturated rings. The number of nitrogens with one attached hydrogen (secondary N) is 1. The summed E-state index contributed by atoms with van der Waals surface area (Å²) in [6.07, 6.45) is 0.972. The molecule has 7 heteroatoms. The maximum atomic E-state index is 12.8. The zero-order valence-electron chi connectivity index (χ0n) is 15.6. The minimum absolute atomic E-state index is 0.0110. The number of carbonyl (C=O) groups excluding carboxylic acids is 1. The molecule has 3 rings (SSSR count). The topological polar surface area (TPSA) is 50.8 Å². The van der Waals surface area contributed by atoms with Crippen LogP contribution in [-0.2, 0) is 9.31 Å². The highest BCUT2D eigenvalue weighted by Crippen LogP contribution is 2.37. The maximum absolute atomic E-state index is 12.8. The van der Waals surface area contributed by atoms with Crippen molar-refractivity contribution in [2.45, 2.75) is 51.4 Å². The molecule has 0 saturated carbocycles. The average molecular weight is 365 g/mol. The zero-order chi connectivity index (χ0) is 18.4. The second kappa shape index (κ2) is 6.58. The van der Waals surface area contributed by atoms with Crippen LogP contribution in [0.2, 0.25) is 5.02 Å². The van der Waals surface area contributed by atoms with Gasteiger partial charge in [-0.15, -0.1) is 0 Å². The molecular weight excluding hydrogens is 338 g/mol. The fraction of sp³-hybridized carbons (Fsp3) is 0.611. The SMILES string of the molecule is CN(C(=O)c1ccc(Cl)c(B2OC(C)(C)C(C)(C)O2)c1)[C@H]1CCNC1. The van der Waals surface area contributed by atoms with E-state index >= 15 is 0 Å². The normalized spacial score (nSPS) is 24.6. The molecule has 1 amide bonds. The minimum Gasteiger partial charge on any atom is -0.399 e. The Morgan fingerprint density at radius 1 is 1.28 bits per heavy atom. The monoisotopic (exact) mass is 364 g/mol. The van der Waals surface area contributed by atoms with Crippen LogP contribution in [0.25, 0.3) is 0 Å². The van der Waals surface area contributed by atoms with Crippen LogP contribution < -0.4 is 10.8 Å². The molecule has 2 heterocycles. The highest BCUT2D eigenvalue weighted by molar-refractivity contribution is 6.65. The molecule has 1 aromatic carbocycles. The van der Waals surface area contributed by atoms with E-state index in [1.165, 1.54) is 0 Å². The lowest BCUT2D eigenvalue weighted by Crippen LogP contribution is -2.41. The fourth-order valence-corrected chi connectivity index (χ4v) is 3.37. The molecule has 25 heavy (non-hydrogen) atoms. The standard InChI is InChI=1S/C18H26BClN2O3/c1-17(2)18(3,4)25-19(24-17)14-10-12(6-7-15(14)20)16(23)22(5)13-8-9-21-11-13/h6-7,10,13,21H,8-9,11H2,1-5H3/t13-/m0/s1. The summed E-state index contributed by atoms with van der Waals surface area (Å²) in [5, 5.41) is 3.83. The van der Waals surface area contributed by atoms with Crippen molar-refractivity contribution in [3.8, 4) is 0 Å². The maximum Gasteiger partial charge on any atom is 0.496 e. The number of hydrogen-bond acceptors (Lipinski definition) is 4. The van der Waals surface area contributed by atoms with E-state index in [1.807, 2.05) is 34.7 Å². The van der Waals surface area contributed by atoms with Crippen LogP contribution in [0.4, 0.5) is 0 Å². The molecule has 1 atom stereocenters. The molecule has 2 saturated heterocycles. The predicted molar refractivity (Wildman–Crippen MR) is 101 cm³/mol. The molecule has 0 radical (unpaired) electrons. The van der Waals surface area contributed by atoms with E-state index in [-0.39, 0.29) is 11.9 Å². The van der Waals surface area contributed by atoms with Gasteiger partial charge in [-0.05, 0) is 58.9 Å². The summed E-state index contributed by atoms with van der Waals surface area (Å²) in [6, 6.07) is 5.53. The Kier molecular flexibility index (Phi) is 4.92. The summed E-state index contributed by atoms with van der Waals surface area (Å²) in [4.78, 5) is 14.6. The molecule has 2 aliphatic heterocycles. The van der Waals surface area contributed by atoms with Crippen molar-refractivity contribution in [1.82, 2.24) is 10.2 Å². The first-order chi connectivity index (χ1) is 11.6. The Morgan fingerprint density at radius 3 is 2.48 bits per heavy atom. The minimum atomic E-state index is -0.580. The summed E-state index contributed by atoms with van der Waals surface area (Å²) in [6.45, 7) is 9.77. The van der Waals surface area contributed by atoms with E-state index < -0.39 is 18.3 Å². The van der Waals surface area contributed by atoms with Crippen LogP contribution in [0, 0.1) is 0 Å². The van der Waals surface area contributed by atoms with Gasteiger partial charge >= 0.3 is 7.12 Å². The van der Waals surface area contributed by atoms with Gasteiger partial charge in [0.05, 0.1) is 11.2 Å². The van der Waals surface area contributed by atoms with Crippen molar-refractivity contribution in [1.29, 1.82) is 0 Å². The van der Waals surface area contributed by atoms with Gasteiger partial charge in [0.25, 0.3) is 5.91 Å². The first-order valence-electron chi connectivity index (χ1n) is 8.75. The van der Waals surface area contributed by atoms with Crippen molar-refractivity contribution in [3.05, 3.63) is 28.8 Å². The second-order valence-corrected chi connectivity index (χ2v) is 8.29. The third-order valence-corrected chi connectivity index (χ3v) is 6.00. The molecular formula is C18H26BClN2O3. The Bertz CT molecular complexity index is 658. The third kappa shape index (κ3) is 3.45. The second-order valence-electron chi connectivity index (χ2n) is 7.89. The smallest absolute Gasteiger partial charge is 0.399 e. The first kappa shape index (κ1) is 18.7. The highest BCUT2D eigenvalue weighted by atomic mass is 35.5. The van der Waals surface area contributed by atoms with Gasteiger partial charge in [0.2, 0.25) is 0 Å². The number of likely N-dealkylation sites (N-methyl/N-ethyl adjacent to an activating group) is 1. The number of halogens is 1. The average Bonchev–Trinajstić information content (AvgIpc) is 3.13. The van der Waals surface area contributed by atoms with Crippen molar-refractivity contribution < 1.29 is 14.1 Å². The van der Waals surface area contributed by atoms with Crippen LogP contribution >= 0.6 is 11.6 Å². The van der Waals surface area contributed by atoms with Gasteiger partial charge in [-0.2, -0.15) is 0 Å². The highest BCUT2D eigenvalue weighted by Gasteiger charge is 2.52. The Hall–Kier alpha value is -1.08. The van der Waals surface area contributed by atoms with E-state index in [0.29, 0.717) is 16.0 Å². The van der Waals surface area contributed by atoms with E-state index in [1.54, 1.807) is 23.1 Å². The van der Waals surface area contributed by atoms with Crippen LogP contribution in [-0.4, -0.2) is 55.3 Å². The number of carbonyl (C=O) groups is 1. The van der Waals surface area contributed by atoms with Crippen LogP contribution in [0.15, 0.2) is 18.2 Å². The van der Waals surface area contributed by atoms with Gasteiger partial charge in [-0.25, -0.2) is 0 Å².